The minimum atomic E-state index is -0.825. The van der Waals surface area contributed by atoms with Crippen LogP contribution in [0.2, 0.25) is 0 Å². The topological polar surface area (TPSA) is 126 Å². The van der Waals surface area contributed by atoms with Gasteiger partial charge in [0.2, 0.25) is 5.91 Å². The van der Waals surface area contributed by atoms with Gasteiger partial charge in [-0.15, -0.1) is 5.10 Å². The summed E-state index contributed by atoms with van der Waals surface area (Å²) in [6, 6.07) is 7.53. The predicted molar refractivity (Wildman–Crippen MR) is 115 cm³/mol. The Labute approximate surface area is 182 Å². The van der Waals surface area contributed by atoms with Crippen LogP contribution in [-0.4, -0.2) is 44.4 Å². The molecule has 3 heterocycles. The Morgan fingerprint density at radius 2 is 1.91 bits per heavy atom. The highest BCUT2D eigenvalue weighted by Crippen LogP contribution is 2.26. The number of carbonyl (C=O) groups excluding carboxylic acids is 1. The van der Waals surface area contributed by atoms with Gasteiger partial charge >= 0.3 is 5.69 Å². The van der Waals surface area contributed by atoms with Crippen LogP contribution in [0.5, 0.6) is 11.5 Å². The molecule has 0 radical (unpaired) electrons. The van der Waals surface area contributed by atoms with Crippen molar-refractivity contribution in [2.24, 2.45) is 0 Å². The molecule has 4 aromatic rings. The van der Waals surface area contributed by atoms with Crippen molar-refractivity contribution in [2.45, 2.75) is 26.3 Å². The lowest BCUT2D eigenvalue weighted by atomic mass is 10.2. The summed E-state index contributed by atoms with van der Waals surface area (Å²) < 4.78 is 18.2. The van der Waals surface area contributed by atoms with Crippen molar-refractivity contribution in [3.63, 3.8) is 0 Å². The zero-order valence-corrected chi connectivity index (χ0v) is 18.0. The fraction of sp³-hybridized carbons (Fsp3) is 0.286. The fourth-order valence-electron chi connectivity index (χ4n) is 3.32. The second-order valence-corrected chi connectivity index (χ2v) is 7.03. The molecule has 3 aromatic heterocycles. The van der Waals surface area contributed by atoms with Gasteiger partial charge in [-0.3, -0.25) is 9.20 Å². The molecule has 0 aliphatic carbocycles. The lowest BCUT2D eigenvalue weighted by molar-refractivity contribution is -0.119. The van der Waals surface area contributed by atoms with E-state index in [-0.39, 0.29) is 5.91 Å². The van der Waals surface area contributed by atoms with Crippen LogP contribution < -0.4 is 20.5 Å². The highest BCUT2D eigenvalue weighted by molar-refractivity contribution is 5.94. The number of benzene rings is 1. The minimum Gasteiger partial charge on any atom is -0.497 e. The molecule has 1 aromatic carbocycles. The molecular formula is C21H22N6O5. The van der Waals surface area contributed by atoms with Crippen LogP contribution in [0.25, 0.3) is 17.1 Å². The van der Waals surface area contributed by atoms with E-state index >= 15 is 0 Å². The Hall–Kier alpha value is -4.15. The summed E-state index contributed by atoms with van der Waals surface area (Å²) in [5.41, 5.74) is 1.03. The monoisotopic (exact) mass is 438 g/mol. The number of methoxy groups -OCH3 is 2. The third-order valence-corrected chi connectivity index (χ3v) is 4.92. The number of rotatable bonds is 7. The standard InChI is InChI=1S/C21H22N6O5/c1-5-17(19(28)23-14-9-15(30-3)11-16(10-14)31-4)27-21(29)26-7-6-13(8-18(26)24-27)20-22-12(2)25-32-20/h6-11,17H,5H2,1-4H3,(H,23,28). The third kappa shape index (κ3) is 3.92. The first-order chi connectivity index (χ1) is 15.4. The number of hydrogen-bond acceptors (Lipinski definition) is 8. The summed E-state index contributed by atoms with van der Waals surface area (Å²) in [5, 5.41) is 11.0. The Balaban J connectivity index is 1.66. The maximum Gasteiger partial charge on any atom is 0.351 e. The maximum absolute atomic E-state index is 13.0. The van der Waals surface area contributed by atoms with E-state index in [4.69, 9.17) is 14.0 Å². The van der Waals surface area contributed by atoms with Gasteiger partial charge in [0, 0.05) is 35.6 Å². The molecule has 0 spiro atoms. The number of fused-ring (bicyclic) bond motifs is 1. The second-order valence-electron chi connectivity index (χ2n) is 7.03. The van der Waals surface area contributed by atoms with Crippen molar-refractivity contribution in [1.82, 2.24) is 24.3 Å². The normalized spacial score (nSPS) is 12.0. The average molecular weight is 438 g/mol. The number of nitrogens with zero attached hydrogens (tertiary/aromatic N) is 5. The molecule has 166 valence electrons. The molecule has 11 heteroatoms. The van der Waals surface area contributed by atoms with Crippen LogP contribution in [-0.2, 0) is 4.79 Å². The molecule has 1 unspecified atom stereocenters. The summed E-state index contributed by atoms with van der Waals surface area (Å²) in [7, 11) is 3.05. The van der Waals surface area contributed by atoms with E-state index in [1.165, 1.54) is 23.3 Å². The van der Waals surface area contributed by atoms with E-state index in [9.17, 15) is 9.59 Å². The molecular weight excluding hydrogens is 416 g/mol. The summed E-state index contributed by atoms with van der Waals surface area (Å²) in [6.45, 7) is 3.52. The van der Waals surface area contributed by atoms with Crippen molar-refractivity contribution in [3.05, 3.63) is 52.8 Å². The first-order valence-electron chi connectivity index (χ1n) is 9.89. The molecule has 1 N–H and O–H groups in total. The quantitative estimate of drug-likeness (QED) is 0.466. The van der Waals surface area contributed by atoms with Crippen LogP contribution in [0.4, 0.5) is 5.69 Å². The Kier molecular flexibility index (Phi) is 5.63. The Morgan fingerprint density at radius 1 is 1.19 bits per heavy atom. The minimum absolute atomic E-state index is 0.323. The summed E-state index contributed by atoms with van der Waals surface area (Å²) in [5.74, 6) is 1.49. The molecule has 0 aliphatic rings. The van der Waals surface area contributed by atoms with Crippen molar-refractivity contribution in [1.29, 1.82) is 0 Å². The number of nitrogens with one attached hydrogen (secondary N) is 1. The van der Waals surface area contributed by atoms with Crippen molar-refractivity contribution < 1.29 is 18.8 Å². The van der Waals surface area contributed by atoms with Gasteiger partial charge in [-0.1, -0.05) is 12.1 Å². The van der Waals surface area contributed by atoms with Gasteiger partial charge in [0.25, 0.3) is 5.89 Å². The molecule has 0 bridgehead atoms. The molecule has 0 saturated carbocycles. The van der Waals surface area contributed by atoms with Gasteiger partial charge in [-0.2, -0.15) is 9.67 Å². The fourth-order valence-corrected chi connectivity index (χ4v) is 3.32. The summed E-state index contributed by atoms with van der Waals surface area (Å²) in [4.78, 5) is 30.1. The van der Waals surface area contributed by atoms with Gasteiger partial charge in [-0.25, -0.2) is 4.79 Å². The Morgan fingerprint density at radius 3 is 2.50 bits per heavy atom. The maximum atomic E-state index is 13.0. The van der Waals surface area contributed by atoms with Crippen molar-refractivity contribution in [2.75, 3.05) is 19.5 Å². The molecule has 0 fully saturated rings. The average Bonchev–Trinajstić information content (AvgIpc) is 3.37. The number of pyridine rings is 1. The molecule has 0 aliphatic heterocycles. The predicted octanol–water partition coefficient (Wildman–Crippen LogP) is 2.46. The molecule has 11 nitrogen and oxygen atoms in total. The van der Waals surface area contributed by atoms with Gasteiger partial charge in [0.05, 0.1) is 14.2 Å². The van der Waals surface area contributed by atoms with Crippen LogP contribution in [0.1, 0.15) is 25.2 Å². The first kappa shape index (κ1) is 21.1. The number of aryl methyl sites for hydroxylation is 1. The number of ether oxygens (including phenoxy) is 2. The number of anilines is 1. The number of aromatic nitrogens is 5. The number of hydrogen-bond donors (Lipinski definition) is 1. The zero-order chi connectivity index (χ0) is 22.8. The molecule has 32 heavy (non-hydrogen) atoms. The van der Waals surface area contributed by atoms with Gasteiger partial charge in [0.15, 0.2) is 11.5 Å². The summed E-state index contributed by atoms with van der Waals surface area (Å²) >= 11 is 0. The lowest BCUT2D eigenvalue weighted by Crippen LogP contribution is -2.33. The van der Waals surface area contributed by atoms with Crippen LogP contribution >= 0.6 is 0 Å². The van der Waals surface area contributed by atoms with Crippen LogP contribution in [0.3, 0.4) is 0 Å². The van der Waals surface area contributed by atoms with E-state index in [1.807, 2.05) is 0 Å². The van der Waals surface area contributed by atoms with E-state index in [1.54, 1.807) is 50.4 Å². The van der Waals surface area contributed by atoms with Gasteiger partial charge in [0.1, 0.15) is 17.5 Å². The smallest absolute Gasteiger partial charge is 0.351 e. The third-order valence-electron chi connectivity index (χ3n) is 4.92. The van der Waals surface area contributed by atoms with Crippen LogP contribution in [0, 0.1) is 6.92 Å². The number of amides is 1. The van der Waals surface area contributed by atoms with Crippen molar-refractivity contribution >= 4 is 17.2 Å². The number of carbonyl (C=O) groups is 1. The molecule has 0 saturated heterocycles. The second kappa shape index (κ2) is 8.53. The SMILES string of the molecule is CCC(C(=O)Nc1cc(OC)cc(OC)c1)n1nc2cc(-c3nc(C)no3)ccn2c1=O. The largest absolute Gasteiger partial charge is 0.497 e. The van der Waals surface area contributed by atoms with E-state index < -0.39 is 11.7 Å². The van der Waals surface area contributed by atoms with E-state index in [0.717, 1.165) is 0 Å². The van der Waals surface area contributed by atoms with Gasteiger partial charge < -0.3 is 19.3 Å². The highest BCUT2D eigenvalue weighted by atomic mass is 16.5. The highest BCUT2D eigenvalue weighted by Gasteiger charge is 2.24. The molecule has 4 rings (SSSR count). The summed E-state index contributed by atoms with van der Waals surface area (Å²) in [6.07, 6.45) is 1.92. The van der Waals surface area contributed by atoms with Crippen LogP contribution in [0.15, 0.2) is 45.8 Å². The van der Waals surface area contributed by atoms with E-state index in [2.05, 4.69) is 20.6 Å². The van der Waals surface area contributed by atoms with Gasteiger partial charge in [-0.05, 0) is 25.5 Å². The lowest BCUT2D eigenvalue weighted by Gasteiger charge is -2.15. The Bertz CT molecular complexity index is 1320. The van der Waals surface area contributed by atoms with E-state index in [0.29, 0.717) is 46.5 Å². The zero-order valence-electron chi connectivity index (χ0n) is 18.0. The van der Waals surface area contributed by atoms with Crippen molar-refractivity contribution in [3.8, 4) is 23.0 Å². The molecule has 1 atom stereocenters. The molecule has 1 amide bonds. The first-order valence-corrected chi connectivity index (χ1v) is 9.89.